The monoisotopic (exact) mass is 460 g/mol. The van der Waals surface area contributed by atoms with Gasteiger partial charge in [0.2, 0.25) is 11.7 Å². The maximum atomic E-state index is 13.6. The molecule has 166 valence electrons. The first kappa shape index (κ1) is 22.4. The molecule has 2 heterocycles. The first-order valence-electron chi connectivity index (χ1n) is 10.3. The number of nitrogens with zero attached hydrogens (tertiary/aromatic N) is 2. The molecule has 0 bridgehead atoms. The molecule has 0 saturated heterocycles. The van der Waals surface area contributed by atoms with Crippen LogP contribution >= 0.6 is 11.6 Å². The smallest absolute Gasteiger partial charge is 0.271 e. The third-order valence-corrected chi connectivity index (χ3v) is 6.32. The number of rotatable bonds is 4. The van der Waals surface area contributed by atoms with E-state index < -0.39 is 17.2 Å². The van der Waals surface area contributed by atoms with Gasteiger partial charge in [-0.15, -0.1) is 0 Å². The van der Waals surface area contributed by atoms with E-state index in [-0.39, 0.29) is 29.0 Å². The summed E-state index contributed by atoms with van der Waals surface area (Å²) in [6.45, 7) is 6.98. The van der Waals surface area contributed by atoms with Gasteiger partial charge < -0.3 is 9.52 Å². The molecule has 0 amide bonds. The van der Waals surface area contributed by atoms with Gasteiger partial charge in [0.1, 0.15) is 17.2 Å². The van der Waals surface area contributed by atoms with Crippen LogP contribution in [0.5, 0.6) is 5.88 Å². The van der Waals surface area contributed by atoms with Crippen LogP contribution < -0.4 is 5.56 Å². The van der Waals surface area contributed by atoms with Gasteiger partial charge >= 0.3 is 0 Å². The number of pyridine rings is 1. The number of benzene rings is 2. The Balaban J connectivity index is 1.92. The fourth-order valence-corrected chi connectivity index (χ4v) is 4.08. The minimum atomic E-state index is -0.659. The van der Waals surface area contributed by atoms with E-state index in [9.17, 15) is 20.0 Å². The van der Waals surface area contributed by atoms with Crippen LogP contribution in [0.1, 0.15) is 49.5 Å². The molecule has 0 aliphatic rings. The number of aromatic hydroxyl groups is 1. The predicted molar refractivity (Wildman–Crippen MR) is 126 cm³/mol. The number of furan rings is 1. The first-order valence-corrected chi connectivity index (χ1v) is 10.7. The van der Waals surface area contributed by atoms with Crippen molar-refractivity contribution in [2.45, 2.75) is 34.2 Å². The lowest BCUT2D eigenvalue weighted by Gasteiger charge is -2.15. The molecule has 0 unspecified atom stereocenters. The second kappa shape index (κ2) is 8.27. The van der Waals surface area contributed by atoms with Crippen LogP contribution in [0, 0.1) is 39.0 Å². The van der Waals surface area contributed by atoms with Crippen LogP contribution in [0.3, 0.4) is 0 Å². The van der Waals surface area contributed by atoms with Crippen molar-refractivity contribution in [3.8, 4) is 11.9 Å². The molecule has 1 N–H and O–H groups in total. The second-order valence-corrected chi connectivity index (χ2v) is 8.58. The standard InChI is InChI=1S/C26H21ClN2O4/c1-13-5-7-17(8-6-13)12-29-25(31)19(11-28)15(3)22(26(29)32)23(30)24-16(4)18-10-20(27)14(2)9-21(18)33-24/h5-10,32H,12H2,1-4H3. The quantitative estimate of drug-likeness (QED) is 0.415. The number of aryl methyl sites for hydroxylation is 3. The summed E-state index contributed by atoms with van der Waals surface area (Å²) in [5.41, 5.74) is 2.76. The Morgan fingerprint density at radius 1 is 1.12 bits per heavy atom. The molecule has 0 fully saturated rings. The van der Waals surface area contributed by atoms with Crippen LogP contribution in [-0.4, -0.2) is 15.5 Å². The predicted octanol–water partition coefficient (Wildman–Crippen LogP) is 5.34. The molecule has 33 heavy (non-hydrogen) atoms. The summed E-state index contributed by atoms with van der Waals surface area (Å²) < 4.78 is 6.89. The molecule has 6 nitrogen and oxygen atoms in total. The Hall–Kier alpha value is -3.82. The van der Waals surface area contributed by atoms with Crippen LogP contribution in [0.15, 0.2) is 45.6 Å². The van der Waals surface area contributed by atoms with Gasteiger partial charge in [-0.1, -0.05) is 41.4 Å². The number of fused-ring (bicyclic) bond motifs is 1. The van der Waals surface area contributed by atoms with Crippen LogP contribution in [0.4, 0.5) is 0 Å². The van der Waals surface area contributed by atoms with Gasteiger partial charge in [0, 0.05) is 16.0 Å². The Bertz CT molecular complexity index is 1540. The van der Waals surface area contributed by atoms with Crippen LogP contribution in [0.2, 0.25) is 5.02 Å². The minimum absolute atomic E-state index is 0.00804. The maximum absolute atomic E-state index is 13.6. The number of hydrogen-bond donors (Lipinski definition) is 1. The van der Waals surface area contributed by atoms with Crippen LogP contribution in [0.25, 0.3) is 11.0 Å². The number of carbonyl (C=O) groups excluding carboxylic acids is 1. The summed E-state index contributed by atoms with van der Waals surface area (Å²) in [5, 5.41) is 21.9. The lowest BCUT2D eigenvalue weighted by atomic mass is 9.98. The number of halogens is 1. The summed E-state index contributed by atoms with van der Waals surface area (Å²) in [6, 6.07) is 12.8. The molecule has 0 aliphatic heterocycles. The SMILES string of the molecule is Cc1ccc(Cn2c(O)c(C(=O)c3oc4cc(C)c(Cl)cc4c3C)c(C)c(C#N)c2=O)cc1. The fraction of sp³-hybridized carbons (Fsp3) is 0.192. The number of hydrogen-bond acceptors (Lipinski definition) is 5. The lowest BCUT2D eigenvalue weighted by Crippen LogP contribution is -2.27. The summed E-state index contributed by atoms with van der Waals surface area (Å²) in [4.78, 5) is 26.5. The molecule has 0 spiro atoms. The van der Waals surface area contributed by atoms with Crippen molar-refractivity contribution < 1.29 is 14.3 Å². The van der Waals surface area contributed by atoms with Gasteiger partial charge in [-0.2, -0.15) is 5.26 Å². The van der Waals surface area contributed by atoms with Gasteiger partial charge in [-0.05, 0) is 56.5 Å². The molecule has 0 saturated carbocycles. The summed E-state index contributed by atoms with van der Waals surface area (Å²) in [6.07, 6.45) is 0. The van der Waals surface area contributed by atoms with E-state index in [1.165, 1.54) is 6.92 Å². The highest BCUT2D eigenvalue weighted by Crippen LogP contribution is 2.33. The molecule has 4 rings (SSSR count). The average Bonchev–Trinajstić information content (AvgIpc) is 3.08. The van der Waals surface area contributed by atoms with Gasteiger partial charge in [0.05, 0.1) is 12.1 Å². The van der Waals surface area contributed by atoms with E-state index in [4.69, 9.17) is 16.0 Å². The van der Waals surface area contributed by atoms with E-state index in [0.717, 1.165) is 21.3 Å². The fourth-order valence-electron chi connectivity index (χ4n) is 3.92. The Morgan fingerprint density at radius 3 is 2.42 bits per heavy atom. The first-order chi connectivity index (χ1) is 15.6. The normalized spacial score (nSPS) is 11.0. The molecule has 2 aromatic heterocycles. The molecule has 0 atom stereocenters. The van der Waals surface area contributed by atoms with E-state index in [0.29, 0.717) is 21.6 Å². The summed E-state index contributed by atoms with van der Waals surface area (Å²) in [7, 11) is 0. The third-order valence-electron chi connectivity index (χ3n) is 5.91. The van der Waals surface area contributed by atoms with E-state index in [1.54, 1.807) is 19.1 Å². The van der Waals surface area contributed by atoms with Crippen molar-refractivity contribution in [3.05, 3.63) is 96.5 Å². The molecule has 2 aromatic carbocycles. The number of carbonyl (C=O) groups is 1. The number of ketones is 1. The van der Waals surface area contributed by atoms with Gasteiger partial charge in [0.15, 0.2) is 5.76 Å². The molecule has 0 radical (unpaired) electrons. The summed E-state index contributed by atoms with van der Waals surface area (Å²) >= 11 is 6.24. The minimum Gasteiger partial charge on any atom is -0.494 e. The Kier molecular flexibility index (Phi) is 5.61. The average molecular weight is 461 g/mol. The van der Waals surface area contributed by atoms with Crippen molar-refractivity contribution in [2.75, 3.05) is 0 Å². The van der Waals surface area contributed by atoms with Crippen molar-refractivity contribution in [1.29, 1.82) is 5.26 Å². The molecular weight excluding hydrogens is 440 g/mol. The highest BCUT2D eigenvalue weighted by molar-refractivity contribution is 6.32. The number of nitriles is 1. The van der Waals surface area contributed by atoms with Crippen LogP contribution in [-0.2, 0) is 6.54 Å². The van der Waals surface area contributed by atoms with Crippen molar-refractivity contribution >= 4 is 28.4 Å². The third kappa shape index (κ3) is 3.71. The molecule has 7 heteroatoms. The second-order valence-electron chi connectivity index (χ2n) is 8.17. The number of aromatic nitrogens is 1. The molecule has 4 aromatic rings. The zero-order valence-electron chi connectivity index (χ0n) is 18.6. The van der Waals surface area contributed by atoms with Gasteiger partial charge in [0.25, 0.3) is 5.56 Å². The van der Waals surface area contributed by atoms with Crippen molar-refractivity contribution in [1.82, 2.24) is 4.57 Å². The largest absolute Gasteiger partial charge is 0.494 e. The zero-order chi connectivity index (χ0) is 24.0. The lowest BCUT2D eigenvalue weighted by molar-refractivity contribution is 0.101. The van der Waals surface area contributed by atoms with E-state index in [1.807, 2.05) is 44.2 Å². The molecule has 0 aliphatic carbocycles. The van der Waals surface area contributed by atoms with Gasteiger partial charge in [-0.3, -0.25) is 14.2 Å². The van der Waals surface area contributed by atoms with Crippen molar-refractivity contribution in [3.63, 3.8) is 0 Å². The zero-order valence-corrected chi connectivity index (χ0v) is 19.4. The van der Waals surface area contributed by atoms with Gasteiger partial charge in [-0.25, -0.2) is 0 Å². The van der Waals surface area contributed by atoms with E-state index in [2.05, 4.69) is 0 Å². The molecular formula is C26H21ClN2O4. The van der Waals surface area contributed by atoms with Crippen molar-refractivity contribution in [2.24, 2.45) is 0 Å². The highest BCUT2D eigenvalue weighted by atomic mass is 35.5. The highest BCUT2D eigenvalue weighted by Gasteiger charge is 2.29. The van der Waals surface area contributed by atoms with E-state index >= 15 is 0 Å². The summed E-state index contributed by atoms with van der Waals surface area (Å²) in [5.74, 6) is -1.09. The Morgan fingerprint density at radius 2 is 1.79 bits per heavy atom. The topological polar surface area (TPSA) is 96.2 Å². The maximum Gasteiger partial charge on any atom is 0.271 e. The Labute approximate surface area is 195 Å².